The molecule has 0 radical (unpaired) electrons. The summed E-state index contributed by atoms with van der Waals surface area (Å²) in [6.07, 6.45) is 0.990. The maximum atomic E-state index is 11.0. The predicted octanol–water partition coefficient (Wildman–Crippen LogP) is 2.26. The van der Waals surface area contributed by atoms with Gasteiger partial charge in [-0.1, -0.05) is 18.2 Å². The van der Waals surface area contributed by atoms with E-state index in [0.29, 0.717) is 12.8 Å². The van der Waals surface area contributed by atoms with E-state index in [1.165, 1.54) is 18.2 Å². The lowest BCUT2D eigenvalue weighted by Crippen LogP contribution is -2.15. The number of rotatable bonds is 4. The number of benzene rings is 1. The number of nitrogens with two attached hydrogens (primary N) is 1. The Morgan fingerprint density at radius 2 is 1.94 bits per heavy atom. The largest absolute Gasteiger partial charge is 0.469 e. The first-order valence-corrected chi connectivity index (χ1v) is 5.44. The van der Waals surface area contributed by atoms with Crippen LogP contribution in [0.25, 0.3) is 0 Å². The highest BCUT2D eigenvalue weighted by atomic mass is 16.5. The standard InChI is InChI=1S/C13H19NO2/c1-9-5-4-6-10(2)13(9)11(14)7-8-12(15)16-3/h4-6,11H,7-8,14H2,1-3H3. The third-order valence-electron chi connectivity index (χ3n) is 2.80. The van der Waals surface area contributed by atoms with Crippen LogP contribution in [0.2, 0.25) is 0 Å². The number of ether oxygens (including phenoxy) is 1. The first-order chi connectivity index (χ1) is 7.56. The molecule has 3 nitrogen and oxygen atoms in total. The second kappa shape index (κ2) is 5.66. The van der Waals surface area contributed by atoms with Crippen molar-refractivity contribution in [2.45, 2.75) is 32.7 Å². The number of carbonyl (C=O) groups excluding carboxylic acids is 1. The molecule has 1 aromatic carbocycles. The fraction of sp³-hybridized carbons (Fsp3) is 0.462. The lowest BCUT2D eigenvalue weighted by atomic mass is 9.94. The molecule has 3 heteroatoms. The van der Waals surface area contributed by atoms with Crippen molar-refractivity contribution in [3.63, 3.8) is 0 Å². The fourth-order valence-electron chi connectivity index (χ4n) is 1.93. The van der Waals surface area contributed by atoms with Crippen molar-refractivity contribution in [2.24, 2.45) is 5.73 Å². The monoisotopic (exact) mass is 221 g/mol. The Morgan fingerprint density at radius 1 is 1.38 bits per heavy atom. The van der Waals surface area contributed by atoms with Crippen molar-refractivity contribution in [2.75, 3.05) is 7.11 Å². The molecule has 0 heterocycles. The van der Waals surface area contributed by atoms with E-state index in [-0.39, 0.29) is 12.0 Å². The second-order valence-corrected chi connectivity index (χ2v) is 4.03. The molecule has 0 amide bonds. The van der Waals surface area contributed by atoms with Crippen molar-refractivity contribution in [3.05, 3.63) is 34.9 Å². The smallest absolute Gasteiger partial charge is 0.305 e. The molecule has 16 heavy (non-hydrogen) atoms. The van der Waals surface area contributed by atoms with E-state index in [2.05, 4.69) is 4.74 Å². The van der Waals surface area contributed by atoms with Gasteiger partial charge < -0.3 is 10.5 Å². The summed E-state index contributed by atoms with van der Waals surface area (Å²) >= 11 is 0. The van der Waals surface area contributed by atoms with Crippen LogP contribution in [-0.2, 0) is 9.53 Å². The van der Waals surface area contributed by atoms with Gasteiger partial charge in [-0.3, -0.25) is 4.79 Å². The summed E-state index contributed by atoms with van der Waals surface area (Å²) in [6.45, 7) is 4.08. The van der Waals surface area contributed by atoms with Crippen LogP contribution in [-0.4, -0.2) is 13.1 Å². The molecule has 0 aromatic heterocycles. The van der Waals surface area contributed by atoms with Gasteiger partial charge in [-0.05, 0) is 37.0 Å². The third-order valence-corrected chi connectivity index (χ3v) is 2.80. The molecule has 88 valence electrons. The molecule has 0 aliphatic rings. The molecule has 1 unspecified atom stereocenters. The van der Waals surface area contributed by atoms with Crippen LogP contribution in [0.5, 0.6) is 0 Å². The molecule has 2 N–H and O–H groups in total. The van der Waals surface area contributed by atoms with Gasteiger partial charge in [-0.2, -0.15) is 0 Å². The minimum atomic E-state index is -0.207. The molecule has 0 spiro atoms. The summed E-state index contributed by atoms with van der Waals surface area (Å²) in [5, 5.41) is 0. The summed E-state index contributed by atoms with van der Waals surface area (Å²) in [5.41, 5.74) is 9.59. The zero-order valence-electron chi connectivity index (χ0n) is 10.1. The van der Waals surface area contributed by atoms with Crippen LogP contribution < -0.4 is 5.73 Å². The van der Waals surface area contributed by atoms with E-state index >= 15 is 0 Å². The first kappa shape index (κ1) is 12.7. The Bertz CT molecular complexity index is 354. The van der Waals surface area contributed by atoms with Gasteiger partial charge in [0.1, 0.15) is 0 Å². The van der Waals surface area contributed by atoms with Crippen molar-refractivity contribution < 1.29 is 9.53 Å². The van der Waals surface area contributed by atoms with Crippen molar-refractivity contribution in [3.8, 4) is 0 Å². The Kier molecular flexibility index (Phi) is 4.50. The Labute approximate surface area is 96.6 Å². The van der Waals surface area contributed by atoms with E-state index in [4.69, 9.17) is 5.73 Å². The van der Waals surface area contributed by atoms with Gasteiger partial charge in [0, 0.05) is 12.5 Å². The number of aryl methyl sites for hydroxylation is 2. The van der Waals surface area contributed by atoms with Crippen molar-refractivity contribution in [1.29, 1.82) is 0 Å². The molecule has 0 bridgehead atoms. The molecular weight excluding hydrogens is 202 g/mol. The SMILES string of the molecule is COC(=O)CCC(N)c1c(C)cccc1C. The molecular formula is C13H19NO2. The summed E-state index contributed by atoms with van der Waals surface area (Å²) in [7, 11) is 1.40. The summed E-state index contributed by atoms with van der Waals surface area (Å²) in [5.74, 6) is -0.207. The summed E-state index contributed by atoms with van der Waals surface area (Å²) < 4.78 is 4.60. The number of hydrogen-bond acceptors (Lipinski definition) is 3. The number of hydrogen-bond donors (Lipinski definition) is 1. The van der Waals surface area contributed by atoms with Gasteiger partial charge in [0.05, 0.1) is 7.11 Å². The first-order valence-electron chi connectivity index (χ1n) is 5.44. The van der Waals surface area contributed by atoms with Crippen molar-refractivity contribution in [1.82, 2.24) is 0 Å². The van der Waals surface area contributed by atoms with Crippen LogP contribution in [0.3, 0.4) is 0 Å². The van der Waals surface area contributed by atoms with E-state index in [1.54, 1.807) is 0 Å². The molecule has 0 saturated heterocycles. The second-order valence-electron chi connectivity index (χ2n) is 4.03. The van der Waals surface area contributed by atoms with Gasteiger partial charge in [-0.25, -0.2) is 0 Å². The highest BCUT2D eigenvalue weighted by molar-refractivity contribution is 5.69. The minimum absolute atomic E-state index is 0.0969. The average Bonchev–Trinajstić information content (AvgIpc) is 2.25. The van der Waals surface area contributed by atoms with E-state index in [1.807, 2.05) is 32.0 Å². The number of methoxy groups -OCH3 is 1. The topological polar surface area (TPSA) is 52.3 Å². The van der Waals surface area contributed by atoms with Crippen LogP contribution in [0, 0.1) is 13.8 Å². The minimum Gasteiger partial charge on any atom is -0.469 e. The lowest BCUT2D eigenvalue weighted by Gasteiger charge is -2.16. The molecule has 1 aromatic rings. The van der Waals surface area contributed by atoms with E-state index in [0.717, 1.165) is 5.56 Å². The zero-order chi connectivity index (χ0) is 12.1. The maximum absolute atomic E-state index is 11.0. The van der Waals surface area contributed by atoms with Gasteiger partial charge in [-0.15, -0.1) is 0 Å². The van der Waals surface area contributed by atoms with Crippen molar-refractivity contribution >= 4 is 5.97 Å². The van der Waals surface area contributed by atoms with E-state index < -0.39 is 0 Å². The highest BCUT2D eigenvalue weighted by Gasteiger charge is 2.13. The summed E-state index contributed by atoms with van der Waals surface area (Å²) in [4.78, 5) is 11.0. The summed E-state index contributed by atoms with van der Waals surface area (Å²) in [6, 6.07) is 6.00. The molecule has 0 aliphatic carbocycles. The Balaban J connectivity index is 2.73. The van der Waals surface area contributed by atoms with Crippen LogP contribution in [0.15, 0.2) is 18.2 Å². The van der Waals surface area contributed by atoms with Gasteiger partial charge in [0.2, 0.25) is 0 Å². The third kappa shape index (κ3) is 3.07. The fourth-order valence-corrected chi connectivity index (χ4v) is 1.93. The molecule has 1 atom stereocenters. The molecule has 1 rings (SSSR count). The molecule has 0 fully saturated rings. The Hall–Kier alpha value is -1.35. The normalized spacial score (nSPS) is 12.2. The quantitative estimate of drug-likeness (QED) is 0.793. The lowest BCUT2D eigenvalue weighted by molar-refractivity contribution is -0.140. The van der Waals surface area contributed by atoms with Gasteiger partial charge >= 0.3 is 5.97 Å². The molecule has 0 saturated carbocycles. The highest BCUT2D eigenvalue weighted by Crippen LogP contribution is 2.23. The number of carbonyl (C=O) groups is 1. The maximum Gasteiger partial charge on any atom is 0.305 e. The zero-order valence-corrected chi connectivity index (χ0v) is 10.1. The Morgan fingerprint density at radius 3 is 2.44 bits per heavy atom. The average molecular weight is 221 g/mol. The van der Waals surface area contributed by atoms with Crippen LogP contribution >= 0.6 is 0 Å². The predicted molar refractivity (Wildman–Crippen MR) is 64.1 cm³/mol. The van der Waals surface area contributed by atoms with Gasteiger partial charge in [0.25, 0.3) is 0 Å². The molecule has 0 aliphatic heterocycles. The van der Waals surface area contributed by atoms with Crippen LogP contribution in [0.4, 0.5) is 0 Å². The van der Waals surface area contributed by atoms with Gasteiger partial charge in [0.15, 0.2) is 0 Å². The van der Waals surface area contributed by atoms with E-state index in [9.17, 15) is 4.79 Å². The number of esters is 1. The van der Waals surface area contributed by atoms with Crippen LogP contribution in [0.1, 0.15) is 35.6 Å².